The molecule has 5 fully saturated rings. The number of aliphatic hydroxyl groups is 2. The van der Waals surface area contributed by atoms with Crippen molar-refractivity contribution in [3.8, 4) is 0 Å². The summed E-state index contributed by atoms with van der Waals surface area (Å²) >= 11 is 0. The number of allylic oxidation sites excluding steroid dienone is 1. The first-order chi connectivity index (χ1) is 15.6. The van der Waals surface area contributed by atoms with E-state index in [4.69, 9.17) is 0 Å². The van der Waals surface area contributed by atoms with Crippen molar-refractivity contribution in [3.63, 3.8) is 0 Å². The van der Waals surface area contributed by atoms with Gasteiger partial charge in [-0.1, -0.05) is 48.5 Å². The third kappa shape index (κ3) is 2.87. The summed E-state index contributed by atoms with van der Waals surface area (Å²) in [6.45, 7) is 15.8. The van der Waals surface area contributed by atoms with Gasteiger partial charge in [0.1, 0.15) is 5.78 Å². The molecule has 0 unspecified atom stereocenters. The maximum absolute atomic E-state index is 14.2. The third-order valence-corrected chi connectivity index (χ3v) is 12.7. The van der Waals surface area contributed by atoms with Crippen LogP contribution in [0.1, 0.15) is 106 Å². The highest BCUT2D eigenvalue weighted by atomic mass is 16.3. The zero-order chi connectivity index (χ0) is 25.1. The van der Waals surface area contributed by atoms with Gasteiger partial charge in [0.2, 0.25) is 0 Å². The minimum absolute atomic E-state index is 0.0310. The van der Waals surface area contributed by atoms with Gasteiger partial charge in [0, 0.05) is 23.3 Å². The largest absolute Gasteiger partial charge is 0.515 e. The standard InChI is InChI=1S/C30H46O4/c1-25(2)10-12-30(34)13-11-29(7)23(19(30)16-25)20(32)14-22-27(5)15-18(17-31)24(33)26(3,4)21(27)8-9-28(22,29)6/h17,19,21-23,31,34H,8-16H2,1-7H3/b18-17-/t19-,21-,22+,23-,27-,28+,29+,30-/m0/s1. The molecule has 190 valence electrons. The summed E-state index contributed by atoms with van der Waals surface area (Å²) in [5, 5.41) is 21.7. The molecule has 0 spiro atoms. The predicted molar refractivity (Wildman–Crippen MR) is 133 cm³/mol. The van der Waals surface area contributed by atoms with Crippen molar-refractivity contribution in [1.82, 2.24) is 0 Å². The molecule has 4 heteroatoms. The fraction of sp³-hybridized carbons (Fsp3) is 0.867. The van der Waals surface area contributed by atoms with Crippen LogP contribution in [0.15, 0.2) is 11.8 Å². The molecule has 5 rings (SSSR count). The summed E-state index contributed by atoms with van der Waals surface area (Å²) in [6.07, 6.45) is 8.61. The second kappa shape index (κ2) is 6.99. The average molecular weight is 471 g/mol. The molecule has 0 heterocycles. The number of hydrogen-bond acceptors (Lipinski definition) is 4. The molecule has 2 N–H and O–H groups in total. The molecule has 0 amide bonds. The normalized spacial score (nSPS) is 52.9. The highest BCUT2D eigenvalue weighted by Crippen LogP contribution is 2.75. The molecule has 0 aromatic rings. The van der Waals surface area contributed by atoms with Crippen LogP contribution >= 0.6 is 0 Å². The number of Topliss-reactive ketones (excluding diaryl/α,β-unsaturated/α-hetero) is 2. The topological polar surface area (TPSA) is 74.6 Å². The monoisotopic (exact) mass is 470 g/mol. The molecule has 0 bridgehead atoms. The van der Waals surface area contributed by atoms with Gasteiger partial charge in [-0.2, -0.15) is 0 Å². The van der Waals surface area contributed by atoms with E-state index in [0.717, 1.165) is 51.2 Å². The number of ketones is 2. The van der Waals surface area contributed by atoms with Crippen LogP contribution in [0, 0.1) is 50.7 Å². The zero-order valence-corrected chi connectivity index (χ0v) is 22.5. The first kappa shape index (κ1) is 24.5. The smallest absolute Gasteiger partial charge is 0.167 e. The van der Waals surface area contributed by atoms with Crippen molar-refractivity contribution in [1.29, 1.82) is 0 Å². The van der Waals surface area contributed by atoms with E-state index in [1.165, 1.54) is 0 Å². The summed E-state index contributed by atoms with van der Waals surface area (Å²) in [7, 11) is 0. The molecule has 5 saturated carbocycles. The van der Waals surface area contributed by atoms with Crippen LogP contribution in [-0.4, -0.2) is 27.4 Å². The Hall–Kier alpha value is -1.16. The first-order valence-electron chi connectivity index (χ1n) is 13.7. The van der Waals surface area contributed by atoms with Gasteiger partial charge >= 0.3 is 0 Å². The lowest BCUT2D eigenvalue weighted by atomic mass is 9.32. The Balaban J connectivity index is 1.60. The van der Waals surface area contributed by atoms with Crippen LogP contribution in [0.25, 0.3) is 0 Å². The van der Waals surface area contributed by atoms with E-state index in [0.29, 0.717) is 24.2 Å². The van der Waals surface area contributed by atoms with Crippen molar-refractivity contribution in [2.75, 3.05) is 0 Å². The van der Waals surface area contributed by atoms with E-state index in [9.17, 15) is 19.8 Å². The molecular formula is C30H46O4. The number of fused-ring (bicyclic) bond motifs is 7. The van der Waals surface area contributed by atoms with Crippen LogP contribution in [0.3, 0.4) is 0 Å². The fourth-order valence-corrected chi connectivity index (χ4v) is 10.6. The second-order valence-electron chi connectivity index (χ2n) is 15.1. The van der Waals surface area contributed by atoms with E-state index in [-0.39, 0.29) is 51.1 Å². The second-order valence-corrected chi connectivity index (χ2v) is 15.1. The summed E-state index contributed by atoms with van der Waals surface area (Å²) < 4.78 is 0. The maximum atomic E-state index is 14.2. The molecule has 5 aliphatic rings. The molecule has 0 radical (unpaired) electrons. The van der Waals surface area contributed by atoms with Crippen LogP contribution in [0.2, 0.25) is 0 Å². The molecule has 0 aromatic carbocycles. The quantitative estimate of drug-likeness (QED) is 0.317. The minimum Gasteiger partial charge on any atom is -0.515 e. The van der Waals surface area contributed by atoms with E-state index in [2.05, 4.69) is 34.6 Å². The predicted octanol–water partition coefficient (Wildman–Crippen LogP) is 6.41. The van der Waals surface area contributed by atoms with Gasteiger partial charge in [-0.25, -0.2) is 0 Å². The number of carbonyl (C=O) groups excluding carboxylic acids is 2. The molecule has 0 aromatic heterocycles. The van der Waals surface area contributed by atoms with Gasteiger partial charge in [0.15, 0.2) is 5.78 Å². The summed E-state index contributed by atoms with van der Waals surface area (Å²) in [4.78, 5) is 27.4. The highest BCUT2D eigenvalue weighted by molar-refractivity contribution is 6.00. The van der Waals surface area contributed by atoms with Crippen molar-refractivity contribution >= 4 is 11.6 Å². The third-order valence-electron chi connectivity index (χ3n) is 12.7. The molecule has 4 nitrogen and oxygen atoms in total. The lowest BCUT2D eigenvalue weighted by Gasteiger charge is -2.72. The molecular weight excluding hydrogens is 424 g/mol. The Morgan fingerprint density at radius 3 is 2.15 bits per heavy atom. The van der Waals surface area contributed by atoms with Gasteiger partial charge < -0.3 is 10.2 Å². The van der Waals surface area contributed by atoms with Crippen molar-refractivity contribution in [2.45, 2.75) is 112 Å². The van der Waals surface area contributed by atoms with Gasteiger partial charge in [0.05, 0.1) is 11.9 Å². The Morgan fingerprint density at radius 1 is 0.853 bits per heavy atom. The van der Waals surface area contributed by atoms with Crippen molar-refractivity contribution in [3.05, 3.63) is 11.8 Å². The molecule has 0 saturated heterocycles. The van der Waals surface area contributed by atoms with E-state index < -0.39 is 11.0 Å². The fourth-order valence-electron chi connectivity index (χ4n) is 10.6. The van der Waals surface area contributed by atoms with Crippen molar-refractivity contribution < 1.29 is 19.8 Å². The number of rotatable bonds is 0. The summed E-state index contributed by atoms with van der Waals surface area (Å²) in [5.41, 5.74) is -0.945. The van der Waals surface area contributed by atoms with E-state index in [1.807, 2.05) is 13.8 Å². The van der Waals surface area contributed by atoms with Gasteiger partial charge in [-0.05, 0) is 90.8 Å². The number of hydrogen-bond donors (Lipinski definition) is 2. The molecule has 0 aliphatic heterocycles. The maximum Gasteiger partial charge on any atom is 0.167 e. The Morgan fingerprint density at radius 2 is 1.50 bits per heavy atom. The lowest BCUT2D eigenvalue weighted by molar-refractivity contribution is -0.243. The van der Waals surface area contributed by atoms with E-state index >= 15 is 0 Å². The van der Waals surface area contributed by atoms with Gasteiger partial charge in [0.25, 0.3) is 0 Å². The highest BCUT2D eigenvalue weighted by Gasteiger charge is 2.72. The van der Waals surface area contributed by atoms with Crippen LogP contribution in [0.5, 0.6) is 0 Å². The summed E-state index contributed by atoms with van der Waals surface area (Å²) in [6, 6.07) is 0. The van der Waals surface area contributed by atoms with Gasteiger partial charge in [-0.15, -0.1) is 0 Å². The Kier molecular flexibility index (Phi) is 5.04. The minimum atomic E-state index is -0.703. The van der Waals surface area contributed by atoms with E-state index in [1.54, 1.807) is 0 Å². The average Bonchev–Trinajstić information content (AvgIpc) is 2.74. The molecule has 5 aliphatic carbocycles. The number of aliphatic hydroxyl groups excluding tert-OH is 1. The first-order valence-corrected chi connectivity index (χ1v) is 13.7. The van der Waals surface area contributed by atoms with Crippen molar-refractivity contribution in [2.24, 2.45) is 50.7 Å². The zero-order valence-electron chi connectivity index (χ0n) is 22.5. The number of carbonyl (C=O) groups is 2. The van der Waals surface area contributed by atoms with Crippen LogP contribution in [-0.2, 0) is 9.59 Å². The Bertz CT molecular complexity index is 961. The molecule has 34 heavy (non-hydrogen) atoms. The van der Waals surface area contributed by atoms with Crippen LogP contribution in [0.4, 0.5) is 0 Å². The molecule has 8 atom stereocenters. The van der Waals surface area contributed by atoms with Crippen LogP contribution < -0.4 is 0 Å². The Labute approximate surface area is 206 Å². The lowest BCUT2D eigenvalue weighted by Crippen LogP contribution is -2.70. The van der Waals surface area contributed by atoms with Gasteiger partial charge in [-0.3, -0.25) is 9.59 Å². The SMILES string of the molecule is CC1(C)CC[C@]2(O)CC[C@]3(C)[C@H](C(=O)C[C@@H]4[C@@]5(C)C/C(=C/O)C(=O)C(C)(C)[C@@H]5CC[C@]43C)[C@@H]2C1. The summed E-state index contributed by atoms with van der Waals surface area (Å²) in [5.74, 6) is 0.756.